The molecule has 0 aliphatic heterocycles. The van der Waals surface area contributed by atoms with Gasteiger partial charge in [-0.05, 0) is 59.9 Å². The molecular weight excluding hydrogens is 258 g/mol. The van der Waals surface area contributed by atoms with E-state index in [0.29, 0.717) is 0 Å². The highest BCUT2D eigenvalue weighted by Gasteiger charge is 2.32. The fourth-order valence-corrected chi connectivity index (χ4v) is 3.37. The molecule has 0 saturated heterocycles. The molecule has 0 bridgehead atoms. The molecule has 2 rings (SSSR count). The van der Waals surface area contributed by atoms with Gasteiger partial charge in [0, 0.05) is 0 Å². The molecule has 0 saturated carbocycles. The molecule has 1 aromatic carbocycles. The predicted molar refractivity (Wildman–Crippen MR) is 75.0 cm³/mol. The molecule has 0 aromatic heterocycles. The first-order chi connectivity index (χ1) is 9.25. The van der Waals surface area contributed by atoms with Crippen molar-refractivity contribution in [2.45, 2.75) is 46.6 Å². The van der Waals surface area contributed by atoms with E-state index in [1.165, 1.54) is 11.1 Å². The van der Waals surface area contributed by atoms with Crippen LogP contribution in [0.2, 0.25) is 0 Å². The average Bonchev–Trinajstić information content (AvgIpc) is 2.62. The average molecular weight is 280 g/mol. The third kappa shape index (κ3) is 2.87. The van der Waals surface area contributed by atoms with E-state index in [1.807, 2.05) is 13.8 Å². The molecule has 1 aromatic rings. The van der Waals surface area contributed by atoms with Crippen molar-refractivity contribution in [3.8, 4) is 0 Å². The van der Waals surface area contributed by atoms with Crippen molar-refractivity contribution in [3.63, 3.8) is 0 Å². The summed E-state index contributed by atoms with van der Waals surface area (Å²) in [6.45, 7) is 8.03. The Morgan fingerprint density at radius 1 is 1.40 bits per heavy atom. The molecule has 112 valence electrons. The lowest BCUT2D eigenvalue weighted by atomic mass is 9.89. The maximum atomic E-state index is 10.7. The Morgan fingerprint density at radius 2 is 2.05 bits per heavy atom. The van der Waals surface area contributed by atoms with Crippen LogP contribution in [0.25, 0.3) is 0 Å². The zero-order valence-electron chi connectivity index (χ0n) is 12.4. The van der Waals surface area contributed by atoms with Crippen molar-refractivity contribution >= 4 is 0 Å². The third-order valence-corrected chi connectivity index (χ3v) is 4.09. The molecule has 0 amide bonds. The van der Waals surface area contributed by atoms with Gasteiger partial charge in [-0.3, -0.25) is 4.84 Å². The third-order valence-electron chi connectivity index (χ3n) is 4.09. The zero-order chi connectivity index (χ0) is 15.1. The summed E-state index contributed by atoms with van der Waals surface area (Å²) in [5.74, 6) is 0. The number of aliphatic hydroxyl groups is 1. The Bertz CT molecular complexity index is 511. The molecule has 0 heterocycles. The minimum atomic E-state index is -0.841. The van der Waals surface area contributed by atoms with Gasteiger partial charge in [0.25, 0.3) is 0 Å². The van der Waals surface area contributed by atoms with Crippen LogP contribution in [-0.4, -0.2) is 22.3 Å². The summed E-state index contributed by atoms with van der Waals surface area (Å²) in [5, 5.41) is 28.2. The highest BCUT2D eigenvalue weighted by Crippen LogP contribution is 2.41. The Morgan fingerprint density at radius 3 is 2.60 bits per heavy atom. The number of hydrogen-bond acceptors (Lipinski definition) is 5. The maximum absolute atomic E-state index is 10.7. The molecule has 1 aliphatic rings. The van der Waals surface area contributed by atoms with Crippen LogP contribution >= 0.6 is 0 Å². The molecule has 1 unspecified atom stereocenters. The maximum Gasteiger partial charge on any atom is 0.129 e. The van der Waals surface area contributed by atoms with E-state index in [-0.39, 0.29) is 12.0 Å². The second-order valence-electron chi connectivity index (χ2n) is 6.40. The number of rotatable bonds is 4. The normalized spacial score (nSPS) is 18.4. The lowest BCUT2D eigenvalue weighted by molar-refractivity contribution is -0.334. The van der Waals surface area contributed by atoms with Crippen LogP contribution in [0, 0.1) is 24.5 Å². The fourth-order valence-electron chi connectivity index (χ4n) is 3.37. The van der Waals surface area contributed by atoms with Gasteiger partial charge in [-0.1, -0.05) is 19.9 Å². The molecule has 1 aliphatic carbocycles. The number of hydrogen-bond donors (Lipinski definition) is 2. The minimum Gasteiger partial charge on any atom is -0.738 e. The summed E-state index contributed by atoms with van der Waals surface area (Å²) in [7, 11) is 0. The second kappa shape index (κ2) is 5.42. The van der Waals surface area contributed by atoms with E-state index in [1.54, 1.807) is 0 Å². The molecule has 5 nitrogen and oxygen atoms in total. The topological polar surface area (TPSA) is 76.0 Å². The zero-order valence-corrected chi connectivity index (χ0v) is 12.4. The highest BCUT2D eigenvalue weighted by atomic mass is 17.1. The van der Waals surface area contributed by atoms with Crippen molar-refractivity contribution in [1.29, 1.82) is 0 Å². The van der Waals surface area contributed by atoms with Crippen LogP contribution in [0.4, 0.5) is 0 Å². The van der Waals surface area contributed by atoms with E-state index < -0.39 is 11.5 Å². The highest BCUT2D eigenvalue weighted by molar-refractivity contribution is 5.49. The van der Waals surface area contributed by atoms with Crippen LogP contribution < -0.4 is 0 Å². The van der Waals surface area contributed by atoms with Crippen LogP contribution in [-0.2, 0) is 17.7 Å². The van der Waals surface area contributed by atoms with Gasteiger partial charge >= 0.3 is 0 Å². The molecule has 0 radical (unpaired) electrons. The summed E-state index contributed by atoms with van der Waals surface area (Å²) in [6, 6.07) is 2.10. The van der Waals surface area contributed by atoms with Gasteiger partial charge in [-0.25, -0.2) is 0 Å². The Balaban J connectivity index is 2.46. The Kier molecular flexibility index (Phi) is 4.18. The Hall–Kier alpha value is -0.980. The van der Waals surface area contributed by atoms with Gasteiger partial charge < -0.3 is 15.5 Å². The standard InChI is InChI=1S/C15H22NO4/c1-9-5-11-6-15(3,4)7-12(11)10(2)14(9)13(8-17)20-16(18)19/h5,13,17-18H,6-8H2,1-4H3/q-1. The van der Waals surface area contributed by atoms with E-state index in [9.17, 15) is 10.3 Å². The lowest BCUT2D eigenvalue weighted by Gasteiger charge is -2.27. The van der Waals surface area contributed by atoms with Crippen LogP contribution in [0.3, 0.4) is 0 Å². The number of aliphatic hydroxyl groups excluding tert-OH is 1. The van der Waals surface area contributed by atoms with E-state index >= 15 is 0 Å². The van der Waals surface area contributed by atoms with Crippen LogP contribution in [0.15, 0.2) is 6.07 Å². The van der Waals surface area contributed by atoms with E-state index in [0.717, 1.165) is 29.5 Å². The monoisotopic (exact) mass is 280 g/mol. The minimum absolute atomic E-state index is 0.231. The molecule has 5 heteroatoms. The smallest absolute Gasteiger partial charge is 0.129 e. The second-order valence-corrected chi connectivity index (χ2v) is 6.40. The predicted octanol–water partition coefficient (Wildman–Crippen LogP) is 2.58. The van der Waals surface area contributed by atoms with Crippen molar-refractivity contribution in [3.05, 3.63) is 39.1 Å². The van der Waals surface area contributed by atoms with Gasteiger partial charge in [0.2, 0.25) is 0 Å². The van der Waals surface area contributed by atoms with Gasteiger partial charge in [-0.15, -0.1) is 5.39 Å². The van der Waals surface area contributed by atoms with Crippen molar-refractivity contribution in [1.82, 2.24) is 5.39 Å². The molecule has 20 heavy (non-hydrogen) atoms. The summed E-state index contributed by atoms with van der Waals surface area (Å²) in [6.07, 6.45) is 1.16. The molecule has 1 atom stereocenters. The number of aryl methyl sites for hydroxylation is 1. The first kappa shape index (κ1) is 15.4. The summed E-state index contributed by atoms with van der Waals surface area (Å²) in [4.78, 5) is 4.74. The Labute approximate surface area is 119 Å². The van der Waals surface area contributed by atoms with Crippen LogP contribution in [0.5, 0.6) is 0 Å². The molecular formula is C15H22NO4-. The van der Waals surface area contributed by atoms with Gasteiger partial charge in [0.15, 0.2) is 0 Å². The van der Waals surface area contributed by atoms with E-state index in [4.69, 9.17) is 10.0 Å². The first-order valence-corrected chi connectivity index (χ1v) is 6.81. The van der Waals surface area contributed by atoms with Crippen LogP contribution in [0.1, 0.15) is 47.8 Å². The SMILES string of the molecule is Cc1cc2c(c(C)c1C(CO)ON([O-])O)CC(C)(C)C2. The van der Waals surface area contributed by atoms with Gasteiger partial charge in [0.1, 0.15) is 6.10 Å². The van der Waals surface area contributed by atoms with Gasteiger partial charge in [-0.2, -0.15) is 0 Å². The number of fused-ring (bicyclic) bond motifs is 1. The van der Waals surface area contributed by atoms with Crippen molar-refractivity contribution < 1.29 is 15.2 Å². The summed E-state index contributed by atoms with van der Waals surface area (Å²) < 4.78 is 0. The fraction of sp³-hybridized carbons (Fsp3) is 0.600. The molecule has 0 spiro atoms. The number of nitrogens with zero attached hydrogens (tertiary/aromatic N) is 1. The van der Waals surface area contributed by atoms with Crippen molar-refractivity contribution in [2.75, 3.05) is 6.61 Å². The van der Waals surface area contributed by atoms with E-state index in [2.05, 4.69) is 19.9 Å². The number of benzene rings is 1. The lowest BCUT2D eigenvalue weighted by Crippen LogP contribution is -2.21. The molecule has 0 fully saturated rings. The first-order valence-electron chi connectivity index (χ1n) is 6.81. The van der Waals surface area contributed by atoms with Crippen molar-refractivity contribution in [2.24, 2.45) is 5.41 Å². The summed E-state index contributed by atoms with van der Waals surface area (Å²) in [5.41, 5.74) is 5.64. The van der Waals surface area contributed by atoms with Gasteiger partial charge in [0.05, 0.1) is 6.61 Å². The largest absolute Gasteiger partial charge is 0.738 e. The quantitative estimate of drug-likeness (QED) is 0.829. The summed E-state index contributed by atoms with van der Waals surface area (Å²) >= 11 is 0. The molecule has 2 N–H and O–H groups in total.